The Morgan fingerprint density at radius 3 is 2.75 bits per heavy atom. The summed E-state index contributed by atoms with van der Waals surface area (Å²) >= 11 is 1.64. The van der Waals surface area contributed by atoms with Gasteiger partial charge >= 0.3 is 0 Å². The lowest BCUT2D eigenvalue weighted by atomic mass is 9.99. The highest BCUT2D eigenvalue weighted by atomic mass is 32.1. The minimum Gasteiger partial charge on any atom is -0.355 e. The van der Waals surface area contributed by atoms with E-state index < -0.39 is 0 Å². The van der Waals surface area contributed by atoms with Crippen molar-refractivity contribution in [3.05, 3.63) is 53.3 Å². The zero-order valence-electron chi connectivity index (χ0n) is 15.5. The van der Waals surface area contributed by atoms with Gasteiger partial charge in [0.2, 0.25) is 5.91 Å². The molecule has 1 aliphatic carbocycles. The summed E-state index contributed by atoms with van der Waals surface area (Å²) in [4.78, 5) is 29.4. The molecule has 142 valence electrons. The number of fused-ring (bicyclic) bond motifs is 1. The van der Waals surface area contributed by atoms with Crippen LogP contribution in [0, 0.1) is 5.92 Å². The summed E-state index contributed by atoms with van der Waals surface area (Å²) in [6.07, 6.45) is 6.15. The van der Waals surface area contributed by atoms with Gasteiger partial charge in [0.15, 0.2) is 5.13 Å². The number of nitrogens with one attached hydrogen (secondary N) is 1. The molecule has 1 aliphatic heterocycles. The number of thiazole rings is 1. The first-order valence-electron chi connectivity index (χ1n) is 9.68. The lowest BCUT2D eigenvalue weighted by molar-refractivity contribution is -0.120. The second-order valence-corrected chi connectivity index (χ2v) is 8.40. The van der Waals surface area contributed by atoms with Crippen LogP contribution in [0.4, 0.5) is 10.9 Å². The summed E-state index contributed by atoms with van der Waals surface area (Å²) in [6, 6.07) is 12.0. The van der Waals surface area contributed by atoms with E-state index in [1.165, 1.54) is 23.4 Å². The van der Waals surface area contributed by atoms with E-state index in [4.69, 9.17) is 0 Å². The van der Waals surface area contributed by atoms with Crippen LogP contribution in [-0.2, 0) is 17.6 Å². The first-order chi connectivity index (χ1) is 13.8. The molecular weight excluding hydrogens is 370 g/mol. The Morgan fingerprint density at radius 2 is 1.93 bits per heavy atom. The van der Waals surface area contributed by atoms with Gasteiger partial charge in [0.1, 0.15) is 12.1 Å². The van der Waals surface area contributed by atoms with Gasteiger partial charge in [0.05, 0.1) is 17.3 Å². The largest absolute Gasteiger partial charge is 0.355 e. The van der Waals surface area contributed by atoms with Crippen LogP contribution in [0.2, 0.25) is 0 Å². The van der Waals surface area contributed by atoms with Gasteiger partial charge in [-0.3, -0.25) is 4.79 Å². The summed E-state index contributed by atoms with van der Waals surface area (Å²) in [5.74, 6) is 0.887. The molecule has 0 unspecified atom stereocenters. The SMILES string of the molecule is O=C(Nc1nc2c(s1)CCCC2)C1CN(c2cc(-c3ccccc3)ncn2)C1. The molecule has 3 aromatic rings. The van der Waals surface area contributed by atoms with Crippen molar-refractivity contribution in [1.29, 1.82) is 0 Å². The number of nitrogens with zero attached hydrogens (tertiary/aromatic N) is 4. The van der Waals surface area contributed by atoms with Crippen LogP contribution in [-0.4, -0.2) is 33.9 Å². The Kier molecular flexibility index (Phi) is 4.52. The Morgan fingerprint density at radius 1 is 1.11 bits per heavy atom. The van der Waals surface area contributed by atoms with E-state index in [0.717, 1.165) is 35.0 Å². The molecule has 7 heteroatoms. The van der Waals surface area contributed by atoms with Crippen LogP contribution >= 0.6 is 11.3 Å². The van der Waals surface area contributed by atoms with Crippen LogP contribution < -0.4 is 10.2 Å². The number of amides is 1. The van der Waals surface area contributed by atoms with Gasteiger partial charge in [-0.05, 0) is 25.7 Å². The molecule has 1 amide bonds. The molecule has 0 atom stereocenters. The lowest BCUT2D eigenvalue weighted by Gasteiger charge is -2.38. The van der Waals surface area contributed by atoms with Crippen molar-refractivity contribution < 1.29 is 4.79 Å². The van der Waals surface area contributed by atoms with Crippen molar-refractivity contribution in [3.8, 4) is 11.3 Å². The maximum Gasteiger partial charge on any atom is 0.232 e. The summed E-state index contributed by atoms with van der Waals surface area (Å²) in [7, 11) is 0. The molecule has 0 saturated carbocycles. The number of carbonyl (C=O) groups excluding carboxylic acids is 1. The second kappa shape index (κ2) is 7.31. The fourth-order valence-corrected chi connectivity index (χ4v) is 4.78. The highest BCUT2D eigenvalue weighted by Gasteiger charge is 2.34. The molecule has 0 bridgehead atoms. The first kappa shape index (κ1) is 17.3. The van der Waals surface area contributed by atoms with Gasteiger partial charge in [0, 0.05) is 29.6 Å². The molecule has 1 aromatic carbocycles. The number of rotatable bonds is 4. The molecule has 1 fully saturated rings. The summed E-state index contributed by atoms with van der Waals surface area (Å²) in [5.41, 5.74) is 3.14. The minimum atomic E-state index is -0.0314. The first-order valence-corrected chi connectivity index (χ1v) is 10.5. The van der Waals surface area contributed by atoms with Gasteiger partial charge in [-0.15, -0.1) is 11.3 Å². The zero-order valence-corrected chi connectivity index (χ0v) is 16.3. The van der Waals surface area contributed by atoms with Crippen molar-refractivity contribution in [2.75, 3.05) is 23.3 Å². The molecule has 1 N–H and O–H groups in total. The van der Waals surface area contributed by atoms with Gasteiger partial charge in [-0.1, -0.05) is 30.3 Å². The van der Waals surface area contributed by atoms with E-state index in [1.807, 2.05) is 36.4 Å². The highest BCUT2D eigenvalue weighted by Crippen LogP contribution is 2.31. The van der Waals surface area contributed by atoms with Crippen molar-refractivity contribution >= 4 is 28.2 Å². The van der Waals surface area contributed by atoms with Crippen LogP contribution in [0.3, 0.4) is 0 Å². The van der Waals surface area contributed by atoms with E-state index in [-0.39, 0.29) is 11.8 Å². The average molecular weight is 392 g/mol. The quantitative estimate of drug-likeness (QED) is 0.736. The molecule has 2 aliphatic rings. The molecular formula is C21H21N5OS. The maximum atomic E-state index is 12.6. The average Bonchev–Trinajstić information content (AvgIpc) is 3.10. The Labute approximate surface area is 167 Å². The maximum absolute atomic E-state index is 12.6. The summed E-state index contributed by atoms with van der Waals surface area (Å²) < 4.78 is 0. The van der Waals surface area contributed by atoms with E-state index in [2.05, 4.69) is 25.2 Å². The van der Waals surface area contributed by atoms with E-state index >= 15 is 0 Å². The molecule has 3 heterocycles. The smallest absolute Gasteiger partial charge is 0.232 e. The van der Waals surface area contributed by atoms with Gasteiger partial charge in [0.25, 0.3) is 0 Å². The summed E-state index contributed by atoms with van der Waals surface area (Å²) in [6.45, 7) is 1.34. The number of anilines is 2. The fourth-order valence-electron chi connectivity index (χ4n) is 3.73. The Hall–Kier alpha value is -2.80. The monoisotopic (exact) mass is 391 g/mol. The van der Waals surface area contributed by atoms with Gasteiger partial charge < -0.3 is 10.2 Å². The molecule has 0 radical (unpaired) electrons. The second-order valence-electron chi connectivity index (χ2n) is 7.31. The normalized spacial score (nSPS) is 16.4. The molecule has 1 saturated heterocycles. The van der Waals surface area contributed by atoms with Crippen molar-refractivity contribution in [2.24, 2.45) is 5.92 Å². The standard InChI is InChI=1S/C21H21N5OS/c27-20(25-21-24-16-8-4-5-9-18(16)28-21)15-11-26(12-15)19-10-17(22-13-23-19)14-6-2-1-3-7-14/h1-3,6-7,10,13,15H,4-5,8-9,11-12H2,(H,24,25,27). The number of hydrogen-bond donors (Lipinski definition) is 1. The predicted molar refractivity (Wildman–Crippen MR) is 111 cm³/mol. The minimum absolute atomic E-state index is 0.0314. The third-order valence-corrected chi connectivity index (χ3v) is 6.45. The van der Waals surface area contributed by atoms with Crippen LogP contribution in [0.15, 0.2) is 42.7 Å². The number of hydrogen-bond acceptors (Lipinski definition) is 6. The van der Waals surface area contributed by atoms with Crippen molar-refractivity contribution in [2.45, 2.75) is 25.7 Å². The number of aromatic nitrogens is 3. The molecule has 5 rings (SSSR count). The van der Waals surface area contributed by atoms with Crippen LogP contribution in [0.25, 0.3) is 11.3 Å². The lowest BCUT2D eigenvalue weighted by Crippen LogP contribution is -2.52. The topological polar surface area (TPSA) is 71.0 Å². The molecule has 0 spiro atoms. The van der Waals surface area contributed by atoms with Gasteiger partial charge in [-0.25, -0.2) is 15.0 Å². The van der Waals surface area contributed by atoms with Crippen LogP contribution in [0.5, 0.6) is 0 Å². The van der Waals surface area contributed by atoms with Gasteiger partial charge in [-0.2, -0.15) is 0 Å². The number of benzene rings is 1. The zero-order chi connectivity index (χ0) is 18.9. The molecule has 2 aromatic heterocycles. The third kappa shape index (κ3) is 3.38. The van der Waals surface area contributed by atoms with Crippen molar-refractivity contribution in [1.82, 2.24) is 15.0 Å². The summed E-state index contributed by atoms with van der Waals surface area (Å²) in [5, 5.41) is 3.77. The van der Waals surface area contributed by atoms with E-state index in [0.29, 0.717) is 13.1 Å². The molecule has 28 heavy (non-hydrogen) atoms. The Balaban J connectivity index is 1.21. The predicted octanol–water partition coefficient (Wildman–Crippen LogP) is 3.55. The number of carbonyl (C=O) groups is 1. The fraction of sp³-hybridized carbons (Fsp3) is 0.333. The Bertz CT molecular complexity index is 974. The van der Waals surface area contributed by atoms with E-state index in [1.54, 1.807) is 17.7 Å². The van der Waals surface area contributed by atoms with Crippen LogP contribution in [0.1, 0.15) is 23.4 Å². The highest BCUT2D eigenvalue weighted by molar-refractivity contribution is 7.15. The third-order valence-electron chi connectivity index (χ3n) is 5.37. The van der Waals surface area contributed by atoms with E-state index in [9.17, 15) is 4.79 Å². The number of aryl methyl sites for hydroxylation is 2. The molecule has 6 nitrogen and oxygen atoms in total. The van der Waals surface area contributed by atoms with Crippen molar-refractivity contribution in [3.63, 3.8) is 0 Å².